The van der Waals surface area contributed by atoms with Gasteiger partial charge in [0.2, 0.25) is 5.96 Å². The highest BCUT2D eigenvalue weighted by Gasteiger charge is 2.34. The molecule has 0 bridgehead atoms. The van der Waals surface area contributed by atoms with Crippen LogP contribution in [0.25, 0.3) is 0 Å². The van der Waals surface area contributed by atoms with Crippen LogP contribution in [-0.2, 0) is 12.1 Å². The van der Waals surface area contributed by atoms with Crippen LogP contribution in [0.3, 0.4) is 0 Å². The molecule has 0 radical (unpaired) electrons. The molecule has 6 nitrogen and oxygen atoms in total. The molecule has 194 valence electrons. The van der Waals surface area contributed by atoms with Crippen LogP contribution in [0.1, 0.15) is 64.5 Å². The van der Waals surface area contributed by atoms with Crippen molar-refractivity contribution in [3.8, 4) is 0 Å². The van der Waals surface area contributed by atoms with E-state index in [-0.39, 0.29) is 29.1 Å². The van der Waals surface area contributed by atoms with Crippen LogP contribution in [0.15, 0.2) is 57.9 Å². The van der Waals surface area contributed by atoms with E-state index in [0.29, 0.717) is 23.8 Å². The first kappa shape index (κ1) is 27.2. The van der Waals surface area contributed by atoms with E-state index in [1.165, 1.54) is 24.4 Å². The number of aromatic nitrogens is 2. The third-order valence-electron chi connectivity index (χ3n) is 5.73. The fourth-order valence-electron chi connectivity index (χ4n) is 3.18. The molecule has 0 spiro atoms. The molecule has 0 saturated heterocycles. The first-order valence-corrected chi connectivity index (χ1v) is 11.5. The predicted molar refractivity (Wildman–Crippen MR) is 130 cm³/mol. The SMILES string of the molecule is CC/C(C)=C(/N=C(\N=C(/C)c1cccc(C(F)(F)F)n1)NC1CC1C)Nc1ccnc(C(C)(F)F)c1. The molecule has 2 heterocycles. The van der Waals surface area contributed by atoms with Crippen molar-refractivity contribution >= 4 is 17.4 Å². The minimum Gasteiger partial charge on any atom is -0.351 e. The van der Waals surface area contributed by atoms with Crippen molar-refractivity contribution in [2.75, 3.05) is 5.32 Å². The second-order valence-electron chi connectivity index (χ2n) is 8.93. The average Bonchev–Trinajstić information content (AvgIpc) is 3.51. The fraction of sp³-hybridized carbons (Fsp3) is 0.440. The third kappa shape index (κ3) is 7.32. The number of pyridine rings is 2. The number of aliphatic imine (C=N–C) groups is 2. The van der Waals surface area contributed by atoms with Crippen LogP contribution in [0.2, 0.25) is 0 Å². The summed E-state index contributed by atoms with van der Waals surface area (Å²) in [6.45, 7) is 8.13. The van der Waals surface area contributed by atoms with Crippen molar-refractivity contribution in [3.05, 3.63) is 65.0 Å². The second kappa shape index (κ2) is 10.7. The summed E-state index contributed by atoms with van der Waals surface area (Å²) in [5.74, 6) is -2.15. The number of alkyl halides is 5. The summed E-state index contributed by atoms with van der Waals surface area (Å²) < 4.78 is 66.9. The molecule has 36 heavy (non-hydrogen) atoms. The number of rotatable bonds is 7. The Kier molecular flexibility index (Phi) is 8.10. The Balaban J connectivity index is 1.99. The molecule has 2 N–H and O–H groups in total. The number of anilines is 1. The molecule has 0 aliphatic heterocycles. The molecule has 11 heteroatoms. The molecule has 0 aromatic carbocycles. The zero-order chi connectivity index (χ0) is 26.7. The lowest BCUT2D eigenvalue weighted by atomic mass is 10.2. The number of allylic oxidation sites excluding steroid dienone is 1. The summed E-state index contributed by atoms with van der Waals surface area (Å²) in [6, 6.07) is 6.52. The van der Waals surface area contributed by atoms with Crippen molar-refractivity contribution in [3.63, 3.8) is 0 Å². The van der Waals surface area contributed by atoms with Crippen LogP contribution in [0, 0.1) is 5.92 Å². The topological polar surface area (TPSA) is 74.6 Å². The van der Waals surface area contributed by atoms with E-state index >= 15 is 0 Å². The molecule has 2 atom stereocenters. The summed E-state index contributed by atoms with van der Waals surface area (Å²) in [7, 11) is 0. The van der Waals surface area contributed by atoms with Gasteiger partial charge in [-0.15, -0.1) is 0 Å². The number of hydrogen-bond donors (Lipinski definition) is 2. The molecule has 1 aliphatic rings. The van der Waals surface area contributed by atoms with Gasteiger partial charge in [-0.2, -0.15) is 26.9 Å². The van der Waals surface area contributed by atoms with Gasteiger partial charge >= 0.3 is 6.18 Å². The second-order valence-corrected chi connectivity index (χ2v) is 8.93. The molecule has 1 saturated carbocycles. The van der Waals surface area contributed by atoms with Gasteiger partial charge in [-0.3, -0.25) is 4.98 Å². The molecular formula is C25H29F5N6. The molecule has 1 aliphatic carbocycles. The van der Waals surface area contributed by atoms with E-state index in [0.717, 1.165) is 25.0 Å². The Hall–Kier alpha value is -3.37. The van der Waals surface area contributed by atoms with E-state index in [1.54, 1.807) is 13.0 Å². The maximum Gasteiger partial charge on any atom is 0.433 e. The van der Waals surface area contributed by atoms with Gasteiger partial charge in [0.1, 0.15) is 17.2 Å². The standard InChI is InChI=1S/C25H29F5N6/c1-6-14(2)22(33-17-10-11-31-21(13-17)24(5,26)27)36-23(35-19-12-15(19)3)32-16(4)18-8-7-9-20(34-18)25(28,29)30/h7-11,13,15,19H,6,12H2,1-5H3,(H,31,33)(H,35,36)/b22-14+,32-16+. The first-order valence-electron chi connectivity index (χ1n) is 11.5. The van der Waals surface area contributed by atoms with Gasteiger partial charge in [0.05, 0.1) is 11.4 Å². The highest BCUT2D eigenvalue weighted by molar-refractivity contribution is 6.05. The minimum atomic E-state index is -4.58. The van der Waals surface area contributed by atoms with E-state index < -0.39 is 17.8 Å². The van der Waals surface area contributed by atoms with Crippen LogP contribution in [-0.4, -0.2) is 27.7 Å². The summed E-state index contributed by atoms with van der Waals surface area (Å²) >= 11 is 0. The van der Waals surface area contributed by atoms with Gasteiger partial charge in [0.15, 0.2) is 0 Å². The smallest absolute Gasteiger partial charge is 0.351 e. The molecule has 2 aromatic rings. The largest absolute Gasteiger partial charge is 0.433 e. The van der Waals surface area contributed by atoms with E-state index in [1.807, 2.05) is 13.8 Å². The van der Waals surface area contributed by atoms with Crippen LogP contribution < -0.4 is 10.6 Å². The van der Waals surface area contributed by atoms with Gasteiger partial charge in [-0.25, -0.2) is 9.98 Å². The Morgan fingerprint density at radius 3 is 2.36 bits per heavy atom. The normalized spacial score (nSPS) is 19.6. The van der Waals surface area contributed by atoms with Crippen LogP contribution in [0.5, 0.6) is 0 Å². The number of hydrogen-bond acceptors (Lipinski definition) is 4. The number of halogens is 5. The molecule has 2 unspecified atom stereocenters. The Bertz CT molecular complexity index is 1180. The summed E-state index contributed by atoms with van der Waals surface area (Å²) in [5.41, 5.74) is 0.0998. The molecule has 2 aromatic heterocycles. The van der Waals surface area contributed by atoms with Gasteiger partial charge in [-0.1, -0.05) is 19.9 Å². The first-order chi connectivity index (χ1) is 16.8. The quantitative estimate of drug-likeness (QED) is 0.254. The van der Waals surface area contributed by atoms with Gasteiger partial charge in [0.25, 0.3) is 5.92 Å². The molecule has 1 fully saturated rings. The van der Waals surface area contributed by atoms with E-state index in [9.17, 15) is 22.0 Å². The van der Waals surface area contributed by atoms with E-state index in [4.69, 9.17) is 0 Å². The van der Waals surface area contributed by atoms with Crippen molar-refractivity contribution < 1.29 is 22.0 Å². The lowest BCUT2D eigenvalue weighted by Crippen LogP contribution is -2.27. The summed E-state index contributed by atoms with van der Waals surface area (Å²) in [4.78, 5) is 16.5. The summed E-state index contributed by atoms with van der Waals surface area (Å²) in [6.07, 6.45) is -1.79. The highest BCUT2D eigenvalue weighted by atomic mass is 19.4. The Labute approximate surface area is 206 Å². The average molecular weight is 509 g/mol. The van der Waals surface area contributed by atoms with Gasteiger partial charge in [-0.05, 0) is 62.4 Å². The van der Waals surface area contributed by atoms with Crippen molar-refractivity contribution in [2.24, 2.45) is 15.9 Å². The lowest BCUT2D eigenvalue weighted by molar-refractivity contribution is -0.141. The van der Waals surface area contributed by atoms with Crippen molar-refractivity contribution in [2.45, 2.75) is 65.6 Å². The number of guanidine groups is 1. The Morgan fingerprint density at radius 2 is 1.78 bits per heavy atom. The lowest BCUT2D eigenvalue weighted by Gasteiger charge is -2.15. The minimum absolute atomic E-state index is 0.0674. The monoisotopic (exact) mass is 508 g/mol. The highest BCUT2D eigenvalue weighted by Crippen LogP contribution is 2.30. The fourth-order valence-corrected chi connectivity index (χ4v) is 3.18. The third-order valence-corrected chi connectivity index (χ3v) is 5.73. The molecular weight excluding hydrogens is 479 g/mol. The van der Waals surface area contributed by atoms with Gasteiger partial charge < -0.3 is 10.6 Å². The molecule has 0 amide bonds. The van der Waals surface area contributed by atoms with Crippen molar-refractivity contribution in [1.82, 2.24) is 15.3 Å². The number of nitrogens with one attached hydrogen (secondary N) is 2. The summed E-state index contributed by atoms with van der Waals surface area (Å²) in [5, 5.41) is 6.29. The zero-order valence-corrected chi connectivity index (χ0v) is 20.7. The number of nitrogens with zero attached hydrogens (tertiary/aromatic N) is 4. The Morgan fingerprint density at radius 1 is 1.08 bits per heavy atom. The predicted octanol–water partition coefficient (Wildman–Crippen LogP) is 6.52. The maximum absolute atomic E-state index is 13.8. The van der Waals surface area contributed by atoms with Crippen molar-refractivity contribution in [1.29, 1.82) is 0 Å². The zero-order valence-electron chi connectivity index (χ0n) is 20.7. The molecule has 3 rings (SSSR count). The van der Waals surface area contributed by atoms with Gasteiger partial charge in [0, 0.05) is 24.8 Å². The van der Waals surface area contributed by atoms with E-state index in [2.05, 4.69) is 37.5 Å². The van der Waals surface area contributed by atoms with Crippen LogP contribution in [0.4, 0.5) is 27.6 Å². The van der Waals surface area contributed by atoms with Crippen LogP contribution >= 0.6 is 0 Å². The maximum atomic E-state index is 13.8.